The fraction of sp³-hybridized carbons (Fsp3) is 0.136. The van der Waals surface area contributed by atoms with Gasteiger partial charge in [-0.15, -0.1) is 10.2 Å². The zero-order valence-corrected chi connectivity index (χ0v) is 16.4. The van der Waals surface area contributed by atoms with Gasteiger partial charge >= 0.3 is 0 Å². The Morgan fingerprint density at radius 1 is 0.893 bits per heavy atom. The van der Waals surface area contributed by atoms with E-state index < -0.39 is 0 Å². The van der Waals surface area contributed by atoms with Crippen LogP contribution in [0.3, 0.4) is 0 Å². The van der Waals surface area contributed by atoms with Crippen LogP contribution >= 0.6 is 11.8 Å². The molecule has 0 aliphatic carbocycles. The number of nitrogens with zero attached hydrogens (tertiary/aromatic N) is 4. The van der Waals surface area contributed by atoms with Gasteiger partial charge in [0.05, 0.1) is 5.69 Å². The molecule has 0 atom stereocenters. The Bertz CT molecular complexity index is 1090. The highest BCUT2D eigenvalue weighted by Gasteiger charge is 2.16. The van der Waals surface area contributed by atoms with Crippen molar-refractivity contribution in [2.45, 2.75) is 24.8 Å². The zero-order valence-electron chi connectivity index (χ0n) is 15.6. The number of aromatic nitrogens is 4. The number of halogens is 1. The smallest absolute Gasteiger partial charge is 0.196 e. The molecule has 4 rings (SSSR count). The largest absolute Gasteiger partial charge is 0.270 e. The topological polar surface area (TPSA) is 43.6 Å². The third-order valence-electron chi connectivity index (χ3n) is 4.60. The molecular weight excluding hydrogens is 371 g/mol. The van der Waals surface area contributed by atoms with Crippen molar-refractivity contribution < 1.29 is 4.39 Å². The Labute approximate surface area is 167 Å². The van der Waals surface area contributed by atoms with Gasteiger partial charge in [0.1, 0.15) is 5.82 Å². The van der Waals surface area contributed by atoms with E-state index in [1.807, 2.05) is 12.1 Å². The highest BCUT2D eigenvalue weighted by atomic mass is 32.2. The van der Waals surface area contributed by atoms with Crippen LogP contribution in [0.5, 0.6) is 0 Å². The fourth-order valence-corrected chi connectivity index (χ4v) is 3.79. The summed E-state index contributed by atoms with van der Waals surface area (Å²) in [7, 11) is 0. The summed E-state index contributed by atoms with van der Waals surface area (Å²) >= 11 is 1.58. The number of hydrogen-bond donors (Lipinski definition) is 0. The van der Waals surface area contributed by atoms with Crippen LogP contribution in [0.4, 0.5) is 4.39 Å². The van der Waals surface area contributed by atoms with Crippen LogP contribution in [0.25, 0.3) is 17.1 Å². The molecule has 4 aromatic rings. The SMILES string of the molecule is Cc1ccc(-n2c(SCc3ccc(F)cc3)nnc2-c2ccncc2)cc1C. The van der Waals surface area contributed by atoms with Crippen molar-refractivity contribution in [2.24, 2.45) is 0 Å². The quantitative estimate of drug-likeness (QED) is 0.429. The molecule has 0 unspecified atom stereocenters. The summed E-state index contributed by atoms with van der Waals surface area (Å²) in [5, 5.41) is 9.67. The molecule has 0 spiro atoms. The Kier molecular flexibility index (Phi) is 5.21. The summed E-state index contributed by atoms with van der Waals surface area (Å²) in [5.41, 5.74) is 5.45. The molecule has 0 bridgehead atoms. The number of thioether (sulfide) groups is 1. The summed E-state index contributed by atoms with van der Waals surface area (Å²) in [6, 6.07) is 16.7. The maximum Gasteiger partial charge on any atom is 0.196 e. The molecule has 28 heavy (non-hydrogen) atoms. The van der Waals surface area contributed by atoms with Crippen molar-refractivity contribution in [3.05, 3.63) is 89.5 Å². The summed E-state index contributed by atoms with van der Waals surface area (Å²) < 4.78 is 15.2. The van der Waals surface area contributed by atoms with E-state index >= 15 is 0 Å². The summed E-state index contributed by atoms with van der Waals surface area (Å²) in [6.45, 7) is 4.19. The average molecular weight is 390 g/mol. The van der Waals surface area contributed by atoms with Crippen LogP contribution in [0, 0.1) is 19.7 Å². The molecule has 0 aliphatic heterocycles. The average Bonchev–Trinajstić information content (AvgIpc) is 3.14. The lowest BCUT2D eigenvalue weighted by molar-refractivity contribution is 0.627. The molecule has 2 aromatic carbocycles. The molecule has 2 heterocycles. The molecular formula is C22H19FN4S. The van der Waals surface area contributed by atoms with E-state index in [1.54, 1.807) is 36.3 Å². The molecule has 0 N–H and O–H groups in total. The molecule has 0 saturated carbocycles. The monoisotopic (exact) mass is 390 g/mol. The van der Waals surface area contributed by atoms with Gasteiger partial charge in [-0.25, -0.2) is 4.39 Å². The van der Waals surface area contributed by atoms with Gasteiger partial charge in [0.25, 0.3) is 0 Å². The third-order valence-corrected chi connectivity index (χ3v) is 5.60. The lowest BCUT2D eigenvalue weighted by atomic mass is 10.1. The van der Waals surface area contributed by atoms with Gasteiger partial charge in [0.15, 0.2) is 11.0 Å². The fourth-order valence-electron chi connectivity index (χ4n) is 2.88. The van der Waals surface area contributed by atoms with Gasteiger partial charge in [-0.1, -0.05) is 30.0 Å². The van der Waals surface area contributed by atoms with Crippen molar-refractivity contribution in [3.8, 4) is 17.1 Å². The minimum absolute atomic E-state index is 0.230. The van der Waals surface area contributed by atoms with Crippen molar-refractivity contribution >= 4 is 11.8 Å². The van der Waals surface area contributed by atoms with Crippen molar-refractivity contribution in [1.82, 2.24) is 19.7 Å². The van der Waals surface area contributed by atoms with E-state index in [0.29, 0.717) is 5.75 Å². The van der Waals surface area contributed by atoms with Crippen LogP contribution in [0.15, 0.2) is 72.1 Å². The van der Waals surface area contributed by atoms with E-state index in [4.69, 9.17) is 0 Å². The van der Waals surface area contributed by atoms with Gasteiger partial charge in [0.2, 0.25) is 0 Å². The second-order valence-corrected chi connectivity index (χ2v) is 7.50. The van der Waals surface area contributed by atoms with Crippen molar-refractivity contribution in [3.63, 3.8) is 0 Å². The van der Waals surface area contributed by atoms with Crippen LogP contribution in [-0.4, -0.2) is 19.7 Å². The van der Waals surface area contributed by atoms with E-state index in [1.165, 1.54) is 23.3 Å². The van der Waals surface area contributed by atoms with E-state index in [-0.39, 0.29) is 5.82 Å². The highest BCUT2D eigenvalue weighted by Crippen LogP contribution is 2.30. The molecule has 0 radical (unpaired) electrons. The van der Waals surface area contributed by atoms with E-state index in [2.05, 4.69) is 51.8 Å². The number of pyridine rings is 1. The number of hydrogen-bond acceptors (Lipinski definition) is 4. The van der Waals surface area contributed by atoms with E-state index in [9.17, 15) is 4.39 Å². The lowest BCUT2D eigenvalue weighted by Gasteiger charge is -2.12. The molecule has 2 aromatic heterocycles. The highest BCUT2D eigenvalue weighted by molar-refractivity contribution is 7.98. The Morgan fingerprint density at radius 2 is 1.64 bits per heavy atom. The maximum atomic E-state index is 13.2. The molecule has 140 valence electrons. The molecule has 0 aliphatic rings. The van der Waals surface area contributed by atoms with Crippen molar-refractivity contribution in [2.75, 3.05) is 0 Å². The first-order valence-corrected chi connectivity index (χ1v) is 9.91. The summed E-state index contributed by atoms with van der Waals surface area (Å²) in [6.07, 6.45) is 3.50. The Balaban J connectivity index is 1.74. The minimum Gasteiger partial charge on any atom is -0.270 e. The number of benzene rings is 2. The first-order valence-electron chi connectivity index (χ1n) is 8.92. The minimum atomic E-state index is -0.230. The second kappa shape index (κ2) is 7.94. The molecule has 0 amide bonds. The molecule has 0 fully saturated rings. The first kappa shape index (κ1) is 18.4. The molecule has 0 saturated heterocycles. The molecule has 4 nitrogen and oxygen atoms in total. The van der Waals surface area contributed by atoms with E-state index in [0.717, 1.165) is 27.8 Å². The zero-order chi connectivity index (χ0) is 19.5. The Hall–Kier alpha value is -2.99. The third kappa shape index (κ3) is 3.82. The second-order valence-electron chi connectivity index (χ2n) is 6.56. The first-order chi connectivity index (χ1) is 13.6. The van der Waals surface area contributed by atoms with Gasteiger partial charge in [-0.3, -0.25) is 9.55 Å². The van der Waals surface area contributed by atoms with Crippen LogP contribution in [0.1, 0.15) is 16.7 Å². The van der Waals surface area contributed by atoms with Crippen LogP contribution in [0.2, 0.25) is 0 Å². The van der Waals surface area contributed by atoms with Crippen molar-refractivity contribution in [1.29, 1.82) is 0 Å². The normalized spacial score (nSPS) is 11.0. The maximum absolute atomic E-state index is 13.2. The van der Waals surface area contributed by atoms with Gasteiger partial charge < -0.3 is 0 Å². The lowest BCUT2D eigenvalue weighted by Crippen LogP contribution is -2.01. The number of rotatable bonds is 5. The number of aryl methyl sites for hydroxylation is 2. The van der Waals surface area contributed by atoms with Gasteiger partial charge in [0, 0.05) is 23.7 Å². The summed E-state index contributed by atoms with van der Waals surface area (Å²) in [4.78, 5) is 4.10. The Morgan fingerprint density at radius 3 is 2.36 bits per heavy atom. The van der Waals surface area contributed by atoms with Crippen LogP contribution < -0.4 is 0 Å². The predicted octanol–water partition coefficient (Wildman–Crippen LogP) is 5.38. The predicted molar refractivity (Wildman–Crippen MR) is 110 cm³/mol. The van der Waals surface area contributed by atoms with Gasteiger partial charge in [-0.05, 0) is 66.9 Å². The van der Waals surface area contributed by atoms with Crippen LogP contribution in [-0.2, 0) is 5.75 Å². The van der Waals surface area contributed by atoms with Gasteiger partial charge in [-0.2, -0.15) is 0 Å². The molecule has 6 heteroatoms. The standard InChI is InChI=1S/C22H19FN4S/c1-15-3-8-20(13-16(15)2)27-21(18-9-11-24-12-10-18)25-26-22(27)28-14-17-4-6-19(23)7-5-17/h3-13H,14H2,1-2H3. The summed E-state index contributed by atoms with van der Waals surface area (Å²) in [5.74, 6) is 1.22.